The zero-order chi connectivity index (χ0) is 56.5. The Kier molecular flexibility index (Phi) is 16.6. The summed E-state index contributed by atoms with van der Waals surface area (Å²) >= 11 is 0. The van der Waals surface area contributed by atoms with Gasteiger partial charge in [-0.25, -0.2) is 0 Å². The van der Waals surface area contributed by atoms with Gasteiger partial charge in [-0.1, -0.05) is 51.5 Å². The summed E-state index contributed by atoms with van der Waals surface area (Å²) < 4.78 is 72.5. The monoisotopic (exact) mass is 1120 g/mol. The van der Waals surface area contributed by atoms with Crippen LogP contribution in [0.4, 0.5) is 0 Å². The van der Waals surface area contributed by atoms with Crippen LogP contribution >= 0.6 is 0 Å². The Morgan fingerprint density at radius 1 is 0.654 bits per heavy atom. The third kappa shape index (κ3) is 9.40. The second-order valence-corrected chi connectivity index (χ2v) is 25.0. The molecule has 4 aliphatic carbocycles. The van der Waals surface area contributed by atoms with Gasteiger partial charge in [0.05, 0.1) is 43.5 Å². The number of ether oxygens (including phenoxy) is 12. The van der Waals surface area contributed by atoms with Crippen LogP contribution in [0.1, 0.15) is 87.0 Å². The van der Waals surface area contributed by atoms with Crippen molar-refractivity contribution in [3.63, 3.8) is 0 Å². The topological polar surface area (TPSA) is 350 Å². The van der Waals surface area contributed by atoms with Gasteiger partial charge in [0.1, 0.15) is 104 Å². The van der Waals surface area contributed by atoms with Crippen LogP contribution in [0.3, 0.4) is 0 Å². The number of fused-ring (bicyclic) bond motifs is 5. The molecule has 10 aliphatic rings. The van der Waals surface area contributed by atoms with Gasteiger partial charge in [0.2, 0.25) is 0 Å². The molecule has 0 unspecified atom stereocenters. The van der Waals surface area contributed by atoms with Crippen LogP contribution in [0.25, 0.3) is 0 Å². The third-order valence-electron chi connectivity index (χ3n) is 20.3. The van der Waals surface area contributed by atoms with Gasteiger partial charge in [-0.05, 0) is 82.0 Å². The number of carbonyl (C=O) groups excluding carboxylic acids is 1. The largest absolute Gasteiger partial charge is 0.461 e. The fraction of sp³-hybridized carbons (Fsp3) is 0.907. The van der Waals surface area contributed by atoms with Crippen molar-refractivity contribution in [2.24, 2.45) is 39.4 Å². The number of hydrogen-bond acceptors (Lipinski definition) is 24. The lowest BCUT2D eigenvalue weighted by atomic mass is 9.40. The first kappa shape index (κ1) is 59.2. The van der Waals surface area contributed by atoms with Crippen LogP contribution in [-0.2, 0) is 61.6 Å². The van der Waals surface area contributed by atoms with Crippen LogP contribution in [0.5, 0.6) is 0 Å². The van der Waals surface area contributed by atoms with Gasteiger partial charge < -0.3 is 113 Å². The first-order valence-corrected chi connectivity index (χ1v) is 27.7. The Balaban J connectivity index is 0.888. The number of esters is 1. The Labute approximate surface area is 453 Å². The third-order valence-corrected chi connectivity index (χ3v) is 20.3. The number of rotatable bonds is 13. The summed E-state index contributed by atoms with van der Waals surface area (Å²) in [6, 6.07) is 0. The van der Waals surface area contributed by atoms with E-state index in [1.165, 1.54) is 26.5 Å². The van der Waals surface area contributed by atoms with E-state index in [9.17, 15) is 61.0 Å². The van der Waals surface area contributed by atoms with Crippen LogP contribution in [0.15, 0.2) is 23.8 Å². The van der Waals surface area contributed by atoms with Crippen molar-refractivity contribution in [2.45, 2.75) is 241 Å². The highest BCUT2D eigenvalue weighted by Gasteiger charge is 2.76. The summed E-state index contributed by atoms with van der Waals surface area (Å²) in [5.74, 6) is 0.179. The molecule has 1 spiro atoms. The molecule has 6 aliphatic heterocycles. The van der Waals surface area contributed by atoms with Gasteiger partial charge in [-0.15, -0.1) is 0 Å². The normalized spacial score (nSPS) is 54.8. The Morgan fingerprint density at radius 2 is 1.27 bits per heavy atom. The Bertz CT molecular complexity index is 2200. The average Bonchev–Trinajstić information content (AvgIpc) is 4.06. The molecule has 24 heteroatoms. The molecule has 0 radical (unpaired) electrons. The smallest absolute Gasteiger partial charge is 0.314 e. The van der Waals surface area contributed by atoms with E-state index in [4.69, 9.17) is 56.8 Å². The summed E-state index contributed by atoms with van der Waals surface area (Å²) in [5.41, 5.74) is 0.645. The van der Waals surface area contributed by atoms with Gasteiger partial charge in [-0.2, -0.15) is 0 Å². The van der Waals surface area contributed by atoms with E-state index in [-0.39, 0.29) is 53.9 Å². The number of hydrogen-bond donors (Lipinski definition) is 11. The number of allylic oxidation sites excluding steroid dienone is 2. The fourth-order valence-corrected chi connectivity index (χ4v) is 16.1. The van der Waals surface area contributed by atoms with E-state index in [0.29, 0.717) is 12.8 Å². The summed E-state index contributed by atoms with van der Waals surface area (Å²) in [5, 5.41) is 122. The second-order valence-electron chi connectivity index (χ2n) is 25.0. The minimum Gasteiger partial charge on any atom is -0.461 e. The molecule has 9 fully saturated rings. The molecule has 78 heavy (non-hydrogen) atoms. The van der Waals surface area contributed by atoms with E-state index >= 15 is 0 Å². The van der Waals surface area contributed by atoms with E-state index in [0.717, 1.165) is 31.3 Å². The molecule has 0 aromatic carbocycles. The average molecular weight is 1120 g/mol. The predicted octanol–water partition coefficient (Wildman–Crippen LogP) is -1.85. The molecule has 6 heterocycles. The van der Waals surface area contributed by atoms with E-state index in [1.807, 2.05) is 6.92 Å². The summed E-state index contributed by atoms with van der Waals surface area (Å²) in [6.07, 6.45) is -30.3. The van der Waals surface area contributed by atoms with Crippen molar-refractivity contribution in [2.75, 3.05) is 26.9 Å². The summed E-state index contributed by atoms with van der Waals surface area (Å²) in [6.45, 7) is 16.7. The van der Waals surface area contributed by atoms with Gasteiger partial charge in [0.15, 0.2) is 31.5 Å². The number of aliphatic hydroxyl groups excluding tert-OH is 11. The molecular weight excluding hydrogens is 1030 g/mol. The molecule has 2 bridgehead atoms. The Hall–Kier alpha value is -1.93. The maximum Gasteiger partial charge on any atom is 0.314 e. The van der Waals surface area contributed by atoms with Crippen LogP contribution in [-0.4, -0.2) is 243 Å². The number of aliphatic hydroxyl groups is 11. The highest BCUT2D eigenvalue weighted by Crippen LogP contribution is 2.76. The van der Waals surface area contributed by atoms with Crippen molar-refractivity contribution in [1.82, 2.24) is 0 Å². The molecule has 31 atom stereocenters. The number of methoxy groups -OCH3 is 1. The maximum atomic E-state index is 13.8. The molecule has 0 amide bonds. The van der Waals surface area contributed by atoms with Crippen molar-refractivity contribution in [1.29, 1.82) is 0 Å². The van der Waals surface area contributed by atoms with Crippen molar-refractivity contribution in [3.8, 4) is 0 Å². The molecule has 444 valence electrons. The first-order chi connectivity index (χ1) is 36.7. The molecular formula is C54H84O24. The van der Waals surface area contributed by atoms with Crippen molar-refractivity contribution >= 4 is 5.97 Å². The molecule has 3 saturated carbocycles. The first-order valence-electron chi connectivity index (χ1n) is 27.7. The summed E-state index contributed by atoms with van der Waals surface area (Å²) in [7, 11) is 1.25. The van der Waals surface area contributed by atoms with Gasteiger partial charge in [0, 0.05) is 18.4 Å². The highest BCUT2D eigenvalue weighted by molar-refractivity contribution is 5.84. The van der Waals surface area contributed by atoms with Crippen molar-refractivity contribution < 1.29 is 118 Å². The molecule has 24 nitrogen and oxygen atoms in total. The van der Waals surface area contributed by atoms with Crippen LogP contribution in [0.2, 0.25) is 0 Å². The van der Waals surface area contributed by atoms with E-state index < -0.39 is 165 Å². The lowest BCUT2D eigenvalue weighted by Crippen LogP contribution is -2.67. The molecule has 0 aromatic heterocycles. The predicted molar refractivity (Wildman–Crippen MR) is 263 cm³/mol. The highest BCUT2D eigenvalue weighted by atomic mass is 16.8. The van der Waals surface area contributed by atoms with Crippen molar-refractivity contribution in [3.05, 3.63) is 23.8 Å². The van der Waals surface area contributed by atoms with Gasteiger partial charge in [0.25, 0.3) is 0 Å². The molecule has 10 rings (SSSR count). The van der Waals surface area contributed by atoms with E-state index in [1.54, 1.807) is 0 Å². The minimum absolute atomic E-state index is 0.0271. The van der Waals surface area contributed by atoms with Crippen LogP contribution < -0.4 is 0 Å². The zero-order valence-electron chi connectivity index (χ0n) is 45.5. The van der Waals surface area contributed by atoms with Gasteiger partial charge >= 0.3 is 5.97 Å². The molecule has 11 N–H and O–H groups in total. The standard InChI is InChI=1S/C54H84O24/c1-20(2)31-27-16-53(8)24-10-11-29-51(5,6)30(13-14-52(29,7)23(24)12-15-54(31,53)50(66)73-27)74-48-43(33(59)25(56)18-69-48)78-49-44(77-46-36(62)35(61)32(58)21(3)70-46)37(63)40(22(4)71-49)75-47-39(65)42(34(60)28(17-55)72-47)76-45-38(64)41(67-9)26(57)19-68-45/h10,21-23,25-49,55-65H,1,11-19H2,2-9H3/t21-,22-,23-,25-,26-,27+,28-,29+,30+,31+,32-,33+,34-,35+,36-,37+,38-,39-,40-,41+,42+,43-,44-,45+,46+,47+,48+,49+,52-,53+,54-/m1/s1. The number of carbonyl (C=O) groups is 1. The van der Waals surface area contributed by atoms with Gasteiger partial charge in [-0.3, -0.25) is 4.79 Å². The lowest BCUT2D eigenvalue weighted by molar-refractivity contribution is -0.405. The summed E-state index contributed by atoms with van der Waals surface area (Å²) in [4.78, 5) is 13.8. The minimum atomic E-state index is -1.92. The lowest BCUT2D eigenvalue weighted by Gasteiger charge is -2.64. The zero-order valence-corrected chi connectivity index (χ0v) is 45.5. The SMILES string of the molecule is C=C(C)[C@H]1[C@@H]2C[C@@]3(C)C4=CC[C@H]5C(C)(C)[C@@H](O[C@@H]6OC[C@@H](O)[C@H](O)[C@H]6O[C@@H]6O[C@H](C)[C@@H](O[C@@H]7O[C@H](CO)[C@@H](O)[C@H](O[C@@H]8OC[C@@H](O)[C@H](OC)[C@H]8O)[C@H]7O)[C@H](O)[C@H]6O[C@@H]6O[C@H](C)[C@@H](O)[C@H](O)[C@H]6O)CC[C@]5(C)[C@@H]4CC[C@]13C(=O)O2. The molecule has 6 saturated heterocycles. The van der Waals surface area contributed by atoms with E-state index in [2.05, 4.69) is 40.3 Å². The maximum absolute atomic E-state index is 13.8. The fourth-order valence-electron chi connectivity index (χ4n) is 16.1. The van der Waals surface area contributed by atoms with Crippen LogP contribution in [0, 0.1) is 39.4 Å². The Morgan fingerprint density at radius 3 is 1.96 bits per heavy atom. The quantitative estimate of drug-likeness (QED) is 0.0713. The second kappa shape index (κ2) is 21.9. The molecule has 0 aromatic rings.